The van der Waals surface area contributed by atoms with Crippen molar-refractivity contribution in [2.75, 3.05) is 0 Å². The van der Waals surface area contributed by atoms with Gasteiger partial charge in [-0.1, -0.05) is 141 Å². The number of benzene rings is 8. The summed E-state index contributed by atoms with van der Waals surface area (Å²) >= 11 is 0. The molecule has 3 aromatic heterocycles. The van der Waals surface area contributed by atoms with Gasteiger partial charge in [0.1, 0.15) is 0 Å². The molecule has 8 aromatic carbocycles. The van der Waals surface area contributed by atoms with Crippen molar-refractivity contribution in [3.8, 4) is 45.1 Å². The Kier molecular flexibility index (Phi) is 6.65. The van der Waals surface area contributed by atoms with Gasteiger partial charge in [0.05, 0.1) is 33.3 Å². The van der Waals surface area contributed by atoms with Gasteiger partial charge in [0, 0.05) is 43.6 Å². The molecule has 0 spiro atoms. The molecule has 1 aliphatic carbocycles. The lowest BCUT2D eigenvalue weighted by molar-refractivity contribution is 0.660. The normalized spacial score (nSPS) is 13.2. The van der Waals surface area contributed by atoms with Gasteiger partial charge in [-0.25, -0.2) is 9.97 Å². The molecule has 0 radical (unpaired) electrons. The van der Waals surface area contributed by atoms with Gasteiger partial charge in [0.15, 0.2) is 0 Å². The standard InChI is InChI=1S/C53H36N4/c1-53(2)44-20-10-6-16-37(44)38-27-25-35(31-45(38)53)51-42-19-7-11-21-46(42)54-52(55-51)57-48-23-13-8-17-39(48)41-28-24-34(32-50(41)57)33-26-29-49-43(30-33)40-18-9-12-22-47(40)56(49)36-14-4-3-5-15-36/h3-32H,1-2H3. The molecule has 4 heteroatoms. The predicted octanol–water partition coefficient (Wildman–Crippen LogP) is 13.5. The molecule has 1 aliphatic rings. The van der Waals surface area contributed by atoms with E-state index in [4.69, 9.17) is 9.97 Å². The highest BCUT2D eigenvalue weighted by Gasteiger charge is 2.35. The number of fused-ring (bicyclic) bond motifs is 10. The first-order valence-electron chi connectivity index (χ1n) is 19.7. The van der Waals surface area contributed by atoms with Gasteiger partial charge in [-0.3, -0.25) is 4.57 Å². The smallest absolute Gasteiger partial charge is 0.235 e. The maximum Gasteiger partial charge on any atom is 0.235 e. The Bertz CT molecular complexity index is 3440. The number of rotatable bonds is 4. The average Bonchev–Trinajstić information content (AvgIpc) is 3.86. The minimum atomic E-state index is -0.115. The van der Waals surface area contributed by atoms with Gasteiger partial charge in [0.2, 0.25) is 5.95 Å². The van der Waals surface area contributed by atoms with E-state index in [9.17, 15) is 0 Å². The Hall–Kier alpha value is -7.30. The van der Waals surface area contributed by atoms with Crippen LogP contribution in [0.25, 0.3) is 99.7 Å². The van der Waals surface area contributed by atoms with E-state index in [0.29, 0.717) is 5.95 Å². The quantitative estimate of drug-likeness (QED) is 0.181. The van der Waals surface area contributed by atoms with Crippen LogP contribution in [0, 0.1) is 0 Å². The molecule has 0 fully saturated rings. The van der Waals surface area contributed by atoms with Gasteiger partial charge in [-0.2, -0.15) is 0 Å². The van der Waals surface area contributed by atoms with Crippen LogP contribution in [-0.4, -0.2) is 19.1 Å². The summed E-state index contributed by atoms with van der Waals surface area (Å²) in [5, 5.41) is 5.86. The van der Waals surface area contributed by atoms with E-state index in [1.165, 1.54) is 60.4 Å². The zero-order valence-electron chi connectivity index (χ0n) is 31.6. The Morgan fingerprint density at radius 1 is 0.386 bits per heavy atom. The van der Waals surface area contributed by atoms with Crippen LogP contribution in [0.2, 0.25) is 0 Å². The number of nitrogens with zero attached hydrogens (tertiary/aromatic N) is 4. The molecule has 0 bridgehead atoms. The molecule has 0 N–H and O–H groups in total. The molecule has 0 saturated carbocycles. The van der Waals surface area contributed by atoms with Crippen LogP contribution in [-0.2, 0) is 5.41 Å². The van der Waals surface area contributed by atoms with E-state index in [1.807, 2.05) is 0 Å². The molecule has 0 amide bonds. The van der Waals surface area contributed by atoms with Crippen LogP contribution >= 0.6 is 0 Å². The number of hydrogen-bond acceptors (Lipinski definition) is 2. The summed E-state index contributed by atoms with van der Waals surface area (Å²) in [5.74, 6) is 0.663. The van der Waals surface area contributed by atoms with Crippen molar-refractivity contribution in [2.24, 2.45) is 0 Å². The van der Waals surface area contributed by atoms with Crippen LogP contribution < -0.4 is 0 Å². The summed E-state index contributed by atoms with van der Waals surface area (Å²) in [7, 11) is 0. The van der Waals surface area contributed by atoms with Crippen molar-refractivity contribution in [3.05, 3.63) is 193 Å². The fourth-order valence-electron chi connectivity index (χ4n) is 9.61. The van der Waals surface area contributed by atoms with Crippen molar-refractivity contribution in [2.45, 2.75) is 19.3 Å². The number of aromatic nitrogens is 4. The molecule has 57 heavy (non-hydrogen) atoms. The first-order valence-corrected chi connectivity index (χ1v) is 19.7. The lowest BCUT2D eigenvalue weighted by Gasteiger charge is -2.22. The van der Waals surface area contributed by atoms with Crippen LogP contribution in [0.5, 0.6) is 0 Å². The molecule has 0 aliphatic heterocycles. The summed E-state index contributed by atoms with van der Waals surface area (Å²) in [6.07, 6.45) is 0. The SMILES string of the molecule is CC1(C)c2ccccc2-c2ccc(-c3nc(-n4c5ccccc5c5ccc(-c6ccc7c(c6)c6ccccc6n7-c6ccccc6)cc54)nc4ccccc34)cc21. The minimum Gasteiger partial charge on any atom is -0.309 e. The van der Waals surface area contributed by atoms with Crippen LogP contribution in [0.3, 0.4) is 0 Å². The zero-order chi connectivity index (χ0) is 37.8. The first-order chi connectivity index (χ1) is 28.0. The summed E-state index contributed by atoms with van der Waals surface area (Å²) in [5.41, 5.74) is 16.2. The van der Waals surface area contributed by atoms with Crippen molar-refractivity contribution in [3.63, 3.8) is 0 Å². The van der Waals surface area contributed by atoms with E-state index in [-0.39, 0.29) is 5.41 Å². The van der Waals surface area contributed by atoms with E-state index in [0.717, 1.165) is 44.4 Å². The fraction of sp³-hybridized carbons (Fsp3) is 0.0566. The van der Waals surface area contributed by atoms with E-state index >= 15 is 0 Å². The largest absolute Gasteiger partial charge is 0.309 e. The second-order valence-corrected chi connectivity index (χ2v) is 15.8. The molecule has 0 atom stereocenters. The van der Waals surface area contributed by atoms with Crippen LogP contribution in [0.1, 0.15) is 25.0 Å². The summed E-state index contributed by atoms with van der Waals surface area (Å²) in [6, 6.07) is 65.8. The summed E-state index contributed by atoms with van der Waals surface area (Å²) < 4.78 is 4.63. The molecule has 11 aromatic rings. The minimum absolute atomic E-state index is 0.115. The van der Waals surface area contributed by atoms with Gasteiger partial charge < -0.3 is 4.57 Å². The molecular formula is C53H36N4. The van der Waals surface area contributed by atoms with Crippen LogP contribution in [0.15, 0.2) is 182 Å². The van der Waals surface area contributed by atoms with Gasteiger partial charge in [-0.05, 0) is 88.0 Å². The van der Waals surface area contributed by atoms with Crippen molar-refractivity contribution in [1.82, 2.24) is 19.1 Å². The second-order valence-electron chi connectivity index (χ2n) is 15.8. The molecule has 12 rings (SSSR count). The third-order valence-corrected chi connectivity index (χ3v) is 12.3. The molecule has 0 saturated heterocycles. The van der Waals surface area contributed by atoms with Gasteiger partial charge >= 0.3 is 0 Å². The third-order valence-electron chi connectivity index (χ3n) is 12.3. The molecule has 268 valence electrons. The number of para-hydroxylation sites is 4. The maximum atomic E-state index is 5.49. The van der Waals surface area contributed by atoms with E-state index in [2.05, 4.69) is 205 Å². The Balaban J connectivity index is 1.06. The second kappa shape index (κ2) is 11.8. The Morgan fingerprint density at radius 2 is 0.982 bits per heavy atom. The maximum absolute atomic E-state index is 5.49. The van der Waals surface area contributed by atoms with E-state index in [1.54, 1.807) is 0 Å². The monoisotopic (exact) mass is 728 g/mol. The van der Waals surface area contributed by atoms with E-state index < -0.39 is 0 Å². The van der Waals surface area contributed by atoms with Gasteiger partial charge in [0.25, 0.3) is 0 Å². The molecule has 3 heterocycles. The predicted molar refractivity (Wildman–Crippen MR) is 237 cm³/mol. The van der Waals surface area contributed by atoms with Gasteiger partial charge in [-0.15, -0.1) is 0 Å². The highest BCUT2D eigenvalue weighted by molar-refractivity contribution is 6.12. The fourth-order valence-corrected chi connectivity index (χ4v) is 9.61. The topological polar surface area (TPSA) is 35.6 Å². The van der Waals surface area contributed by atoms with Crippen molar-refractivity contribution < 1.29 is 0 Å². The molecule has 4 nitrogen and oxygen atoms in total. The average molecular weight is 729 g/mol. The lowest BCUT2D eigenvalue weighted by atomic mass is 9.82. The molecule has 0 unspecified atom stereocenters. The van der Waals surface area contributed by atoms with Crippen molar-refractivity contribution in [1.29, 1.82) is 0 Å². The van der Waals surface area contributed by atoms with Crippen molar-refractivity contribution >= 4 is 54.5 Å². The Morgan fingerprint density at radius 3 is 1.82 bits per heavy atom. The highest BCUT2D eigenvalue weighted by atomic mass is 15.2. The number of hydrogen-bond donors (Lipinski definition) is 0. The molecular weight excluding hydrogens is 693 g/mol. The lowest BCUT2D eigenvalue weighted by Crippen LogP contribution is -2.15. The van der Waals surface area contributed by atoms with Crippen LogP contribution in [0.4, 0.5) is 0 Å². The summed E-state index contributed by atoms with van der Waals surface area (Å²) in [4.78, 5) is 10.8. The highest BCUT2D eigenvalue weighted by Crippen LogP contribution is 2.50. The summed E-state index contributed by atoms with van der Waals surface area (Å²) in [6.45, 7) is 4.67. The Labute approximate surface area is 329 Å². The first kappa shape index (κ1) is 32.0. The zero-order valence-corrected chi connectivity index (χ0v) is 31.6. The third kappa shape index (κ3) is 4.62.